The highest BCUT2D eigenvalue weighted by molar-refractivity contribution is 5.27. The lowest BCUT2D eigenvalue weighted by atomic mass is 10.1. The van der Waals surface area contributed by atoms with Crippen LogP contribution >= 0.6 is 0 Å². The van der Waals surface area contributed by atoms with E-state index in [0.717, 1.165) is 18.7 Å². The van der Waals surface area contributed by atoms with Crippen LogP contribution in [0.25, 0.3) is 0 Å². The molecule has 1 aromatic carbocycles. The van der Waals surface area contributed by atoms with E-state index in [9.17, 15) is 0 Å². The van der Waals surface area contributed by atoms with E-state index in [-0.39, 0.29) is 6.04 Å². The quantitative estimate of drug-likeness (QED) is 0.877. The maximum Gasteiger partial charge on any atom is 0.226 e. The second kappa shape index (κ2) is 5.78. The van der Waals surface area contributed by atoms with E-state index in [1.165, 1.54) is 11.1 Å². The molecule has 18 heavy (non-hydrogen) atoms. The van der Waals surface area contributed by atoms with Gasteiger partial charge in [-0.15, -0.1) is 0 Å². The van der Waals surface area contributed by atoms with E-state index in [2.05, 4.69) is 29.2 Å². The normalized spacial score (nSPS) is 12.6. The van der Waals surface area contributed by atoms with Crippen molar-refractivity contribution in [3.05, 3.63) is 47.1 Å². The van der Waals surface area contributed by atoms with E-state index >= 15 is 0 Å². The monoisotopic (exact) mass is 245 g/mol. The molecule has 0 aliphatic heterocycles. The summed E-state index contributed by atoms with van der Waals surface area (Å²) in [6.45, 7) is 4.07. The molecule has 2 rings (SSSR count). The standard InChI is InChI=1S/C14H19N3O/c1-10-5-3-4-6-12(10)9-13-16-14(18-17-13)8-7-11(2)15/h3-6,11H,7-9,15H2,1-2H3. The molecular weight excluding hydrogens is 226 g/mol. The highest BCUT2D eigenvalue weighted by atomic mass is 16.5. The van der Waals surface area contributed by atoms with Crippen molar-refractivity contribution in [2.24, 2.45) is 5.73 Å². The second-order valence-corrected chi connectivity index (χ2v) is 4.72. The van der Waals surface area contributed by atoms with Gasteiger partial charge < -0.3 is 10.3 Å². The molecule has 1 heterocycles. The lowest BCUT2D eigenvalue weighted by Gasteiger charge is -2.01. The fourth-order valence-electron chi connectivity index (χ4n) is 1.79. The van der Waals surface area contributed by atoms with Gasteiger partial charge in [0.15, 0.2) is 5.82 Å². The molecule has 0 aliphatic carbocycles. The zero-order valence-electron chi connectivity index (χ0n) is 10.9. The Labute approximate surface area is 107 Å². The van der Waals surface area contributed by atoms with E-state index in [1.54, 1.807) is 0 Å². The Hall–Kier alpha value is -1.68. The van der Waals surface area contributed by atoms with Gasteiger partial charge in [-0.05, 0) is 31.4 Å². The first-order chi connectivity index (χ1) is 8.65. The van der Waals surface area contributed by atoms with Gasteiger partial charge in [0.1, 0.15) is 0 Å². The van der Waals surface area contributed by atoms with Crippen molar-refractivity contribution >= 4 is 0 Å². The van der Waals surface area contributed by atoms with Crippen LogP contribution in [0.5, 0.6) is 0 Å². The zero-order valence-corrected chi connectivity index (χ0v) is 10.9. The smallest absolute Gasteiger partial charge is 0.226 e. The average Bonchev–Trinajstić information content (AvgIpc) is 2.77. The van der Waals surface area contributed by atoms with E-state index in [0.29, 0.717) is 12.3 Å². The molecule has 0 radical (unpaired) electrons. The van der Waals surface area contributed by atoms with Gasteiger partial charge in [0.05, 0.1) is 0 Å². The van der Waals surface area contributed by atoms with Crippen molar-refractivity contribution in [3.8, 4) is 0 Å². The van der Waals surface area contributed by atoms with Gasteiger partial charge >= 0.3 is 0 Å². The first-order valence-corrected chi connectivity index (χ1v) is 6.26. The third kappa shape index (κ3) is 3.40. The number of benzene rings is 1. The molecular formula is C14H19N3O. The van der Waals surface area contributed by atoms with Gasteiger partial charge in [-0.25, -0.2) is 0 Å². The summed E-state index contributed by atoms with van der Waals surface area (Å²) in [6.07, 6.45) is 2.33. The first-order valence-electron chi connectivity index (χ1n) is 6.26. The van der Waals surface area contributed by atoms with Crippen LogP contribution in [0.4, 0.5) is 0 Å². The molecule has 0 aliphatic rings. The molecule has 1 unspecified atom stereocenters. The maximum atomic E-state index is 5.70. The summed E-state index contributed by atoms with van der Waals surface area (Å²) in [5.41, 5.74) is 8.18. The number of aryl methyl sites for hydroxylation is 2. The summed E-state index contributed by atoms with van der Waals surface area (Å²) < 4.78 is 5.21. The van der Waals surface area contributed by atoms with Gasteiger partial charge in [-0.1, -0.05) is 29.4 Å². The molecule has 4 heteroatoms. The summed E-state index contributed by atoms with van der Waals surface area (Å²) in [7, 11) is 0. The van der Waals surface area contributed by atoms with Crippen molar-refractivity contribution in [3.63, 3.8) is 0 Å². The molecule has 0 spiro atoms. The minimum absolute atomic E-state index is 0.164. The summed E-state index contributed by atoms with van der Waals surface area (Å²) in [6, 6.07) is 8.40. The summed E-state index contributed by atoms with van der Waals surface area (Å²) >= 11 is 0. The van der Waals surface area contributed by atoms with Crippen molar-refractivity contribution in [1.82, 2.24) is 10.1 Å². The average molecular weight is 245 g/mol. The van der Waals surface area contributed by atoms with Crippen LogP contribution in [0.1, 0.15) is 36.2 Å². The van der Waals surface area contributed by atoms with Crippen molar-refractivity contribution in [2.75, 3.05) is 0 Å². The van der Waals surface area contributed by atoms with Gasteiger partial charge in [0.2, 0.25) is 5.89 Å². The van der Waals surface area contributed by atoms with Gasteiger partial charge in [0, 0.05) is 18.9 Å². The largest absolute Gasteiger partial charge is 0.339 e. The zero-order chi connectivity index (χ0) is 13.0. The van der Waals surface area contributed by atoms with Gasteiger partial charge in [0.25, 0.3) is 0 Å². The Kier molecular flexibility index (Phi) is 4.10. The van der Waals surface area contributed by atoms with Crippen LogP contribution in [0, 0.1) is 6.92 Å². The molecule has 2 N–H and O–H groups in total. The predicted molar refractivity (Wildman–Crippen MR) is 70.3 cm³/mol. The molecule has 0 saturated carbocycles. The third-order valence-electron chi connectivity index (χ3n) is 2.93. The Morgan fingerprint density at radius 2 is 2.11 bits per heavy atom. The van der Waals surface area contributed by atoms with Crippen molar-refractivity contribution < 1.29 is 4.52 Å². The molecule has 0 amide bonds. The van der Waals surface area contributed by atoms with Crippen molar-refractivity contribution in [2.45, 2.75) is 39.2 Å². The van der Waals surface area contributed by atoms with Gasteiger partial charge in [-0.3, -0.25) is 0 Å². The molecule has 1 atom stereocenters. The molecule has 96 valence electrons. The van der Waals surface area contributed by atoms with Crippen LogP contribution in [0.2, 0.25) is 0 Å². The number of hydrogen-bond acceptors (Lipinski definition) is 4. The second-order valence-electron chi connectivity index (χ2n) is 4.72. The van der Waals surface area contributed by atoms with Crippen molar-refractivity contribution in [1.29, 1.82) is 0 Å². The van der Waals surface area contributed by atoms with Crippen LogP contribution in [0.3, 0.4) is 0 Å². The Morgan fingerprint density at radius 3 is 2.83 bits per heavy atom. The summed E-state index contributed by atoms with van der Waals surface area (Å²) in [4.78, 5) is 4.39. The number of hydrogen-bond donors (Lipinski definition) is 1. The third-order valence-corrected chi connectivity index (χ3v) is 2.93. The number of aromatic nitrogens is 2. The predicted octanol–water partition coefficient (Wildman–Crippen LogP) is 2.25. The Balaban J connectivity index is 2.00. The van der Waals surface area contributed by atoms with E-state index in [1.807, 2.05) is 19.1 Å². The maximum absolute atomic E-state index is 5.70. The Bertz CT molecular complexity index is 505. The Morgan fingerprint density at radius 1 is 1.33 bits per heavy atom. The number of nitrogens with two attached hydrogens (primary N) is 1. The van der Waals surface area contributed by atoms with Crippen LogP contribution < -0.4 is 5.73 Å². The molecule has 4 nitrogen and oxygen atoms in total. The lowest BCUT2D eigenvalue weighted by molar-refractivity contribution is 0.368. The van der Waals surface area contributed by atoms with E-state index in [4.69, 9.17) is 10.3 Å². The fraction of sp³-hybridized carbons (Fsp3) is 0.429. The molecule has 0 fully saturated rings. The lowest BCUT2D eigenvalue weighted by Crippen LogP contribution is -2.15. The SMILES string of the molecule is Cc1ccccc1Cc1noc(CCC(C)N)n1. The topological polar surface area (TPSA) is 64.9 Å². The first kappa shape index (κ1) is 12.8. The molecule has 0 bridgehead atoms. The van der Waals surface area contributed by atoms with Crippen LogP contribution in [0.15, 0.2) is 28.8 Å². The highest BCUT2D eigenvalue weighted by Gasteiger charge is 2.08. The molecule has 1 aromatic heterocycles. The molecule has 2 aromatic rings. The minimum Gasteiger partial charge on any atom is -0.339 e. The van der Waals surface area contributed by atoms with Gasteiger partial charge in [-0.2, -0.15) is 4.98 Å². The summed E-state index contributed by atoms with van der Waals surface area (Å²) in [5.74, 6) is 1.42. The van der Waals surface area contributed by atoms with E-state index < -0.39 is 0 Å². The fourth-order valence-corrected chi connectivity index (χ4v) is 1.79. The van der Waals surface area contributed by atoms with Crippen LogP contribution in [-0.4, -0.2) is 16.2 Å². The number of nitrogens with zero attached hydrogens (tertiary/aromatic N) is 2. The highest BCUT2D eigenvalue weighted by Crippen LogP contribution is 2.12. The summed E-state index contributed by atoms with van der Waals surface area (Å²) in [5, 5.41) is 4.00. The van der Waals surface area contributed by atoms with Crippen LogP contribution in [-0.2, 0) is 12.8 Å². The molecule has 0 saturated heterocycles. The number of rotatable bonds is 5. The minimum atomic E-state index is 0.164.